The average molecular weight is 562 g/mol. The Morgan fingerprint density at radius 1 is 0.854 bits per heavy atom. The zero-order valence-corrected chi connectivity index (χ0v) is 26.4. The van der Waals surface area contributed by atoms with Gasteiger partial charge in [-0.3, -0.25) is 14.5 Å². The molecule has 224 valence electrons. The minimum atomic E-state index is -0.0573. The van der Waals surface area contributed by atoms with E-state index in [0.29, 0.717) is 18.9 Å². The normalized spacial score (nSPS) is 20.1. The molecule has 2 amide bonds. The summed E-state index contributed by atoms with van der Waals surface area (Å²) in [5, 5.41) is 0. The Morgan fingerprint density at radius 2 is 1.46 bits per heavy atom. The van der Waals surface area contributed by atoms with E-state index in [1.807, 2.05) is 4.90 Å². The van der Waals surface area contributed by atoms with Crippen molar-refractivity contribution in [1.82, 2.24) is 14.7 Å². The van der Waals surface area contributed by atoms with Crippen LogP contribution in [0.5, 0.6) is 5.75 Å². The highest BCUT2D eigenvalue weighted by molar-refractivity contribution is 5.77. The Labute approximate surface area is 248 Å². The summed E-state index contributed by atoms with van der Waals surface area (Å²) >= 11 is 0. The van der Waals surface area contributed by atoms with E-state index in [9.17, 15) is 9.59 Å². The zero-order valence-electron chi connectivity index (χ0n) is 26.4. The van der Waals surface area contributed by atoms with E-state index >= 15 is 0 Å². The lowest BCUT2D eigenvalue weighted by Crippen LogP contribution is -2.60. The summed E-state index contributed by atoms with van der Waals surface area (Å²) in [5.41, 5.74) is 2.55. The van der Waals surface area contributed by atoms with Gasteiger partial charge in [-0.25, -0.2) is 0 Å². The first-order valence-corrected chi connectivity index (χ1v) is 15.4. The lowest BCUT2D eigenvalue weighted by atomic mass is 9.82. The number of hydrogen-bond acceptors (Lipinski definition) is 4. The van der Waals surface area contributed by atoms with Crippen molar-refractivity contribution >= 4 is 11.8 Å². The van der Waals surface area contributed by atoms with E-state index in [4.69, 9.17) is 4.74 Å². The van der Waals surface area contributed by atoms with Crippen LogP contribution in [0.25, 0.3) is 0 Å². The maximum Gasteiger partial charge on any atom is 0.223 e. The number of hydrogen-bond donors (Lipinski definition) is 0. The molecule has 0 saturated carbocycles. The minimum Gasteiger partial charge on any atom is -0.493 e. The van der Waals surface area contributed by atoms with Crippen molar-refractivity contribution in [1.29, 1.82) is 0 Å². The van der Waals surface area contributed by atoms with Gasteiger partial charge >= 0.3 is 0 Å². The van der Waals surface area contributed by atoms with Crippen LogP contribution >= 0.6 is 0 Å². The van der Waals surface area contributed by atoms with E-state index in [1.54, 1.807) is 6.92 Å². The molecule has 0 aromatic heterocycles. The molecule has 2 atom stereocenters. The van der Waals surface area contributed by atoms with Gasteiger partial charge in [0.05, 0.1) is 12.6 Å². The topological polar surface area (TPSA) is 53.1 Å². The molecule has 0 aliphatic carbocycles. The van der Waals surface area contributed by atoms with Crippen LogP contribution in [0.1, 0.15) is 84.9 Å². The molecule has 4 rings (SSSR count). The number of carbonyl (C=O) groups is 2. The first-order chi connectivity index (χ1) is 19.3. The third-order valence-corrected chi connectivity index (χ3v) is 8.60. The van der Waals surface area contributed by atoms with Crippen LogP contribution in [-0.2, 0) is 9.59 Å². The zero-order chi connectivity index (χ0) is 29.8. The maximum atomic E-state index is 13.7. The van der Waals surface area contributed by atoms with Gasteiger partial charge in [0.15, 0.2) is 0 Å². The van der Waals surface area contributed by atoms with Crippen LogP contribution in [0.4, 0.5) is 0 Å². The molecule has 2 saturated heterocycles. The lowest BCUT2D eigenvalue weighted by molar-refractivity contribution is -0.141. The standard InChI is InChI=1S/C35H51N3O3/c1-26(39)36-19-17-27(18-20-36)23-32(40)38-22-21-37(24-31(38)35(5,6)7)33(28-11-9-8-10-12-28)29-13-15-30(16-14-29)41-25-34(2,3)4/h8-16,27,31,33H,17-25H2,1-7H3. The number of likely N-dealkylation sites (tertiary alicyclic amines) is 1. The fourth-order valence-corrected chi connectivity index (χ4v) is 6.19. The Kier molecular flexibility index (Phi) is 9.84. The summed E-state index contributed by atoms with van der Waals surface area (Å²) in [4.78, 5) is 32.1. The number of piperidine rings is 1. The molecule has 2 aromatic rings. The molecular formula is C35H51N3O3. The second-order valence-electron chi connectivity index (χ2n) is 14.3. The second kappa shape index (κ2) is 13.0. The Morgan fingerprint density at radius 3 is 2.02 bits per heavy atom. The van der Waals surface area contributed by atoms with Crippen molar-refractivity contribution in [2.75, 3.05) is 39.3 Å². The van der Waals surface area contributed by atoms with Crippen molar-refractivity contribution in [3.05, 3.63) is 65.7 Å². The molecule has 0 N–H and O–H groups in total. The highest BCUT2D eigenvalue weighted by atomic mass is 16.5. The molecular weight excluding hydrogens is 510 g/mol. The van der Waals surface area contributed by atoms with Gasteiger partial charge in [-0.1, -0.05) is 84.0 Å². The van der Waals surface area contributed by atoms with Crippen molar-refractivity contribution in [3.8, 4) is 5.75 Å². The molecule has 41 heavy (non-hydrogen) atoms. The predicted octanol–water partition coefficient (Wildman–Crippen LogP) is 6.41. The van der Waals surface area contributed by atoms with Crippen molar-refractivity contribution in [3.63, 3.8) is 0 Å². The van der Waals surface area contributed by atoms with Gasteiger partial charge < -0.3 is 14.5 Å². The van der Waals surface area contributed by atoms with Crippen LogP contribution < -0.4 is 4.74 Å². The third-order valence-electron chi connectivity index (χ3n) is 8.60. The summed E-state index contributed by atoms with van der Waals surface area (Å²) in [6.07, 6.45) is 2.41. The summed E-state index contributed by atoms with van der Waals surface area (Å²) in [7, 11) is 0. The number of nitrogens with zero attached hydrogens (tertiary/aromatic N) is 3. The maximum absolute atomic E-state index is 13.7. The quantitative estimate of drug-likeness (QED) is 0.392. The van der Waals surface area contributed by atoms with Crippen molar-refractivity contribution in [2.24, 2.45) is 16.7 Å². The van der Waals surface area contributed by atoms with E-state index in [-0.39, 0.29) is 34.7 Å². The Balaban J connectivity index is 1.51. The van der Waals surface area contributed by atoms with Crippen LogP contribution in [0.15, 0.2) is 54.6 Å². The molecule has 2 fully saturated rings. The van der Waals surface area contributed by atoms with Gasteiger partial charge in [0.1, 0.15) is 5.75 Å². The van der Waals surface area contributed by atoms with Crippen LogP contribution in [-0.4, -0.2) is 71.9 Å². The van der Waals surface area contributed by atoms with Gasteiger partial charge in [-0.05, 0) is 52.8 Å². The summed E-state index contributed by atoms with van der Waals surface area (Å²) < 4.78 is 6.06. The first kappa shape index (κ1) is 31.1. The summed E-state index contributed by atoms with van der Waals surface area (Å²) in [6.45, 7) is 19.5. The number of piperazine rings is 1. The highest BCUT2D eigenvalue weighted by Gasteiger charge is 2.40. The number of rotatable bonds is 7. The number of carbonyl (C=O) groups excluding carboxylic acids is 2. The molecule has 0 spiro atoms. The van der Waals surface area contributed by atoms with Gasteiger partial charge in [0, 0.05) is 52.1 Å². The molecule has 2 heterocycles. The second-order valence-corrected chi connectivity index (χ2v) is 14.3. The molecule has 0 radical (unpaired) electrons. The van der Waals surface area contributed by atoms with Crippen molar-refractivity contribution < 1.29 is 14.3 Å². The van der Waals surface area contributed by atoms with Crippen LogP contribution in [0.2, 0.25) is 0 Å². The van der Waals surface area contributed by atoms with Gasteiger partial charge in [0.2, 0.25) is 11.8 Å². The molecule has 6 heteroatoms. The summed E-state index contributed by atoms with van der Waals surface area (Å²) in [5.74, 6) is 1.65. The monoisotopic (exact) mass is 561 g/mol. The van der Waals surface area contributed by atoms with Gasteiger partial charge in [-0.15, -0.1) is 0 Å². The van der Waals surface area contributed by atoms with Crippen LogP contribution in [0, 0.1) is 16.7 Å². The summed E-state index contributed by atoms with van der Waals surface area (Å²) in [6, 6.07) is 19.5. The fraction of sp³-hybridized carbons (Fsp3) is 0.600. The SMILES string of the molecule is CC(=O)N1CCC(CC(=O)N2CCN(C(c3ccccc3)c3ccc(OCC(C)(C)C)cc3)CC2C(C)(C)C)CC1. The Hall–Kier alpha value is -2.86. The van der Waals surface area contributed by atoms with E-state index < -0.39 is 0 Å². The van der Waals surface area contributed by atoms with Crippen LogP contribution in [0.3, 0.4) is 0 Å². The molecule has 2 aromatic carbocycles. The van der Waals surface area contributed by atoms with E-state index in [2.05, 4.69) is 106 Å². The molecule has 6 nitrogen and oxygen atoms in total. The molecule has 2 aliphatic heterocycles. The highest BCUT2D eigenvalue weighted by Crippen LogP contribution is 2.36. The van der Waals surface area contributed by atoms with Gasteiger partial charge in [-0.2, -0.15) is 0 Å². The number of ether oxygens (including phenoxy) is 1. The van der Waals surface area contributed by atoms with E-state index in [0.717, 1.165) is 51.3 Å². The van der Waals surface area contributed by atoms with Crippen molar-refractivity contribution in [2.45, 2.75) is 79.8 Å². The Bertz CT molecular complexity index is 1140. The molecule has 0 bridgehead atoms. The number of amides is 2. The number of benzene rings is 2. The molecule has 2 aliphatic rings. The fourth-order valence-electron chi connectivity index (χ4n) is 6.19. The van der Waals surface area contributed by atoms with Gasteiger partial charge in [0.25, 0.3) is 0 Å². The molecule has 2 unspecified atom stereocenters. The lowest BCUT2D eigenvalue weighted by Gasteiger charge is -2.50. The first-order valence-electron chi connectivity index (χ1n) is 15.4. The largest absolute Gasteiger partial charge is 0.493 e. The predicted molar refractivity (Wildman–Crippen MR) is 166 cm³/mol. The minimum absolute atomic E-state index is 0.0573. The average Bonchev–Trinajstić information content (AvgIpc) is 2.92. The van der Waals surface area contributed by atoms with E-state index in [1.165, 1.54) is 11.1 Å². The third kappa shape index (κ3) is 8.34. The smallest absolute Gasteiger partial charge is 0.223 e.